The highest BCUT2D eigenvalue weighted by Gasteiger charge is 2.45. The van der Waals surface area contributed by atoms with Crippen LogP contribution in [-0.4, -0.2) is 50.9 Å². The number of amides is 1. The normalized spacial score (nSPS) is 19.2. The minimum Gasteiger partial charge on any atom is -0.478 e. The Morgan fingerprint density at radius 3 is 2.26 bits per heavy atom. The van der Waals surface area contributed by atoms with Gasteiger partial charge in [0.05, 0.1) is 6.04 Å². The lowest BCUT2D eigenvalue weighted by atomic mass is 10.2. The maximum Gasteiger partial charge on any atom is 0.471 e. The summed E-state index contributed by atoms with van der Waals surface area (Å²) in [6, 6.07) is -0.963. The summed E-state index contributed by atoms with van der Waals surface area (Å²) < 4.78 is 75.8. The SMILES string of the molecule is O=C(O)c1cn(C2CCN(C(=O)C(F)(F)F)C2)nc1C(F)(F)F. The maximum atomic E-state index is 12.7. The first-order valence-corrected chi connectivity index (χ1v) is 6.17. The molecular weight excluding hydrogens is 336 g/mol. The fourth-order valence-electron chi connectivity index (χ4n) is 2.27. The van der Waals surface area contributed by atoms with E-state index in [1.54, 1.807) is 0 Å². The van der Waals surface area contributed by atoms with Crippen LogP contribution < -0.4 is 0 Å². The average molecular weight is 345 g/mol. The van der Waals surface area contributed by atoms with Crippen LogP contribution in [-0.2, 0) is 11.0 Å². The fourth-order valence-corrected chi connectivity index (χ4v) is 2.27. The predicted molar refractivity (Wildman–Crippen MR) is 60.5 cm³/mol. The van der Waals surface area contributed by atoms with Crippen LogP contribution in [0.5, 0.6) is 0 Å². The number of carbonyl (C=O) groups is 2. The standard InChI is InChI=1S/C11H9F6N3O3/c12-10(13,14)7-6(8(21)22)4-20(18-7)5-1-2-19(3-5)9(23)11(15,16)17/h4-5H,1-3H2,(H,21,22). The van der Waals surface area contributed by atoms with Crippen molar-refractivity contribution in [2.24, 2.45) is 0 Å². The van der Waals surface area contributed by atoms with E-state index in [4.69, 9.17) is 5.11 Å². The molecule has 1 saturated heterocycles. The van der Waals surface area contributed by atoms with Gasteiger partial charge in [0.2, 0.25) is 0 Å². The van der Waals surface area contributed by atoms with E-state index in [-0.39, 0.29) is 13.0 Å². The number of nitrogens with zero attached hydrogens (tertiary/aromatic N) is 3. The molecule has 1 fully saturated rings. The number of aromatic carboxylic acids is 1. The van der Waals surface area contributed by atoms with Crippen molar-refractivity contribution in [1.82, 2.24) is 14.7 Å². The van der Waals surface area contributed by atoms with Gasteiger partial charge >= 0.3 is 24.2 Å². The van der Waals surface area contributed by atoms with Crippen molar-refractivity contribution >= 4 is 11.9 Å². The minimum atomic E-state index is -5.08. The van der Waals surface area contributed by atoms with E-state index in [0.29, 0.717) is 15.8 Å². The molecule has 1 aromatic heterocycles. The zero-order valence-corrected chi connectivity index (χ0v) is 11.1. The van der Waals surface area contributed by atoms with Crippen LogP contribution >= 0.6 is 0 Å². The van der Waals surface area contributed by atoms with Crippen LogP contribution in [0.1, 0.15) is 28.5 Å². The Hall–Kier alpha value is -2.27. The molecule has 0 radical (unpaired) electrons. The number of aromatic nitrogens is 2. The lowest BCUT2D eigenvalue weighted by Gasteiger charge is -2.18. The van der Waals surface area contributed by atoms with E-state index in [0.717, 1.165) is 0 Å². The van der Waals surface area contributed by atoms with E-state index in [9.17, 15) is 35.9 Å². The molecular formula is C11H9F6N3O3. The van der Waals surface area contributed by atoms with E-state index in [1.165, 1.54) is 0 Å². The molecule has 1 N–H and O–H groups in total. The topological polar surface area (TPSA) is 75.4 Å². The first-order chi connectivity index (χ1) is 10.4. The molecule has 1 atom stereocenters. The lowest BCUT2D eigenvalue weighted by molar-refractivity contribution is -0.184. The first kappa shape index (κ1) is 17.1. The molecule has 128 valence electrons. The monoisotopic (exact) mass is 345 g/mol. The zero-order chi connectivity index (χ0) is 17.6. The zero-order valence-electron chi connectivity index (χ0n) is 11.1. The largest absolute Gasteiger partial charge is 0.478 e. The number of hydrogen-bond acceptors (Lipinski definition) is 3. The second kappa shape index (κ2) is 5.42. The van der Waals surface area contributed by atoms with Crippen molar-refractivity contribution in [3.05, 3.63) is 17.5 Å². The number of carbonyl (C=O) groups excluding carboxylic acids is 1. The van der Waals surface area contributed by atoms with Crippen LogP contribution in [0.3, 0.4) is 0 Å². The third kappa shape index (κ3) is 3.40. The van der Waals surface area contributed by atoms with Crippen molar-refractivity contribution in [3.8, 4) is 0 Å². The maximum absolute atomic E-state index is 12.7. The second-order valence-corrected chi connectivity index (χ2v) is 4.87. The summed E-state index contributed by atoms with van der Waals surface area (Å²) in [6.45, 7) is -0.816. The molecule has 1 unspecified atom stereocenters. The quantitative estimate of drug-likeness (QED) is 0.832. The van der Waals surface area contributed by atoms with Crippen molar-refractivity contribution in [1.29, 1.82) is 0 Å². The van der Waals surface area contributed by atoms with E-state index < -0.39 is 48.1 Å². The van der Waals surface area contributed by atoms with Crippen LogP contribution in [0.25, 0.3) is 0 Å². The molecule has 2 rings (SSSR count). The highest BCUT2D eigenvalue weighted by Crippen LogP contribution is 2.33. The first-order valence-electron chi connectivity index (χ1n) is 6.17. The van der Waals surface area contributed by atoms with Gasteiger partial charge in [-0.15, -0.1) is 0 Å². The lowest BCUT2D eigenvalue weighted by Crippen LogP contribution is -2.39. The predicted octanol–water partition coefficient (Wildman–Crippen LogP) is 1.94. The Labute approximate surface area is 124 Å². The molecule has 1 aromatic rings. The van der Waals surface area contributed by atoms with E-state index in [2.05, 4.69) is 5.10 Å². The van der Waals surface area contributed by atoms with Crippen molar-refractivity contribution in [2.45, 2.75) is 24.8 Å². The number of carboxylic acid groups (broad SMARTS) is 1. The van der Waals surface area contributed by atoms with Gasteiger partial charge in [0.15, 0.2) is 5.69 Å². The Morgan fingerprint density at radius 1 is 1.22 bits per heavy atom. The molecule has 0 aliphatic carbocycles. The third-order valence-electron chi connectivity index (χ3n) is 3.30. The molecule has 1 aliphatic heterocycles. The number of halogens is 6. The van der Waals surface area contributed by atoms with E-state index in [1.807, 2.05) is 0 Å². The van der Waals surface area contributed by atoms with Gasteiger partial charge in [-0.05, 0) is 6.42 Å². The minimum absolute atomic E-state index is 0.0696. The van der Waals surface area contributed by atoms with Gasteiger partial charge in [-0.3, -0.25) is 9.48 Å². The summed E-state index contributed by atoms with van der Waals surface area (Å²) in [5, 5.41) is 11.9. The van der Waals surface area contributed by atoms with Gasteiger partial charge in [-0.25, -0.2) is 4.79 Å². The summed E-state index contributed by atoms with van der Waals surface area (Å²) in [7, 11) is 0. The number of rotatable bonds is 2. The fraction of sp³-hybridized carbons (Fsp3) is 0.545. The highest BCUT2D eigenvalue weighted by atomic mass is 19.4. The molecule has 12 heteroatoms. The molecule has 0 saturated carbocycles. The van der Waals surface area contributed by atoms with E-state index >= 15 is 0 Å². The third-order valence-corrected chi connectivity index (χ3v) is 3.30. The highest BCUT2D eigenvalue weighted by molar-refractivity contribution is 5.88. The smallest absolute Gasteiger partial charge is 0.471 e. The van der Waals surface area contributed by atoms with Gasteiger partial charge in [0, 0.05) is 19.3 Å². The van der Waals surface area contributed by atoms with Crippen LogP contribution in [0.4, 0.5) is 26.3 Å². The van der Waals surface area contributed by atoms with Gasteiger partial charge in [-0.1, -0.05) is 0 Å². The summed E-state index contributed by atoms with van der Waals surface area (Å²) in [4.78, 5) is 22.4. The Bertz CT molecular complexity index is 636. The number of alkyl halides is 6. The van der Waals surface area contributed by atoms with Gasteiger partial charge in [0.1, 0.15) is 5.56 Å². The van der Waals surface area contributed by atoms with Gasteiger partial charge < -0.3 is 10.0 Å². The molecule has 23 heavy (non-hydrogen) atoms. The molecule has 1 amide bonds. The summed E-state index contributed by atoms with van der Waals surface area (Å²) in [6.07, 6.45) is -9.56. The molecule has 2 heterocycles. The average Bonchev–Trinajstić information content (AvgIpc) is 3.02. The number of likely N-dealkylation sites (tertiary alicyclic amines) is 1. The molecule has 0 spiro atoms. The molecule has 0 aromatic carbocycles. The van der Waals surface area contributed by atoms with Gasteiger partial charge in [0.25, 0.3) is 0 Å². The van der Waals surface area contributed by atoms with Crippen LogP contribution in [0.15, 0.2) is 6.20 Å². The number of carboxylic acids is 1. The van der Waals surface area contributed by atoms with Crippen molar-refractivity contribution in [3.63, 3.8) is 0 Å². The van der Waals surface area contributed by atoms with Crippen LogP contribution in [0.2, 0.25) is 0 Å². The Kier molecular flexibility index (Phi) is 4.03. The van der Waals surface area contributed by atoms with Crippen molar-refractivity contribution in [2.75, 3.05) is 13.1 Å². The van der Waals surface area contributed by atoms with Crippen LogP contribution in [0, 0.1) is 0 Å². The van der Waals surface area contributed by atoms with Crippen molar-refractivity contribution < 1.29 is 41.0 Å². The van der Waals surface area contributed by atoms with Gasteiger partial charge in [-0.2, -0.15) is 31.4 Å². The summed E-state index contributed by atoms with van der Waals surface area (Å²) in [5.41, 5.74) is -2.73. The summed E-state index contributed by atoms with van der Waals surface area (Å²) in [5.74, 6) is -3.95. The Morgan fingerprint density at radius 2 is 1.83 bits per heavy atom. The second-order valence-electron chi connectivity index (χ2n) is 4.87. The number of hydrogen-bond donors (Lipinski definition) is 1. The molecule has 6 nitrogen and oxygen atoms in total. The summed E-state index contributed by atoms with van der Waals surface area (Å²) >= 11 is 0. The molecule has 1 aliphatic rings. The molecule has 0 bridgehead atoms. The Balaban J connectivity index is 2.25.